The molecule has 0 radical (unpaired) electrons. The van der Waals surface area contributed by atoms with Gasteiger partial charge in [0, 0.05) is 21.9 Å². The number of azo groups is 2. The molecule has 0 fully saturated rings. The van der Waals surface area contributed by atoms with Crippen molar-refractivity contribution in [2.45, 2.75) is 0 Å². The fourth-order valence-electron chi connectivity index (χ4n) is 7.09. The molecule has 290 valence electrons. The molecule has 0 spiro atoms. The number of halogens is 2. The van der Waals surface area contributed by atoms with E-state index in [2.05, 4.69) is 31.1 Å². The highest BCUT2D eigenvalue weighted by Gasteiger charge is 2.28. The van der Waals surface area contributed by atoms with Crippen LogP contribution in [0.1, 0.15) is 36.6 Å². The van der Waals surface area contributed by atoms with E-state index in [-0.39, 0.29) is 50.5 Å². The second kappa shape index (κ2) is 15.6. The lowest BCUT2D eigenvalue weighted by Crippen LogP contribution is -2.12. The average molecular weight is 828 g/mol. The summed E-state index contributed by atoms with van der Waals surface area (Å²) in [5.74, 6) is -2.02. The van der Waals surface area contributed by atoms with E-state index in [9.17, 15) is 24.6 Å². The molecule has 9 rings (SSSR count). The summed E-state index contributed by atoms with van der Waals surface area (Å²) in [5.41, 5.74) is 3.78. The van der Waals surface area contributed by atoms with Crippen LogP contribution in [0.15, 0.2) is 166 Å². The first-order valence-electron chi connectivity index (χ1n) is 18.4. The quantitative estimate of drug-likeness (QED) is 0.0883. The van der Waals surface area contributed by atoms with Gasteiger partial charge in [-0.25, -0.2) is 0 Å². The Hall–Kier alpha value is -7.73. The Morgan fingerprint density at radius 1 is 0.467 bits per heavy atom. The minimum atomic E-state index is -0.584. The van der Waals surface area contributed by atoms with Gasteiger partial charge in [-0.1, -0.05) is 108 Å². The fraction of sp³-hybridized carbons (Fsp3) is 0. The third-order valence-electron chi connectivity index (χ3n) is 10.0. The van der Waals surface area contributed by atoms with Crippen molar-refractivity contribution in [2.24, 2.45) is 20.5 Å². The SMILES string of the molecule is O=C(Nc1cc2ccccc2c(N=Nc2ccc3c(c2)C(=O)c2cc(N=Nc4c(O)c(C(=O)Nc5ccccc5Cl)cc5ccccc45)ccc2-3)c1O)c1ccccc1Cl. The van der Waals surface area contributed by atoms with Crippen LogP contribution in [0.2, 0.25) is 10.0 Å². The summed E-state index contributed by atoms with van der Waals surface area (Å²) in [4.78, 5) is 40.3. The molecule has 0 aromatic heterocycles. The molecular formula is C47H28Cl2N6O5. The lowest BCUT2D eigenvalue weighted by molar-refractivity contribution is 0.101. The van der Waals surface area contributed by atoms with Crippen molar-refractivity contribution >= 4 is 96.5 Å². The van der Waals surface area contributed by atoms with Crippen molar-refractivity contribution in [3.05, 3.63) is 178 Å². The summed E-state index contributed by atoms with van der Waals surface area (Å²) in [6.45, 7) is 0. The van der Waals surface area contributed by atoms with Gasteiger partial charge in [0.1, 0.15) is 11.4 Å². The Kier molecular flexibility index (Phi) is 9.81. The molecule has 0 bridgehead atoms. The van der Waals surface area contributed by atoms with Gasteiger partial charge in [0.25, 0.3) is 11.8 Å². The highest BCUT2D eigenvalue weighted by Crippen LogP contribution is 2.45. The summed E-state index contributed by atoms with van der Waals surface area (Å²) in [5, 5.41) is 48.9. The topological polar surface area (TPSA) is 165 Å². The van der Waals surface area contributed by atoms with Gasteiger partial charge in [-0.05, 0) is 82.6 Å². The van der Waals surface area contributed by atoms with Crippen LogP contribution in [0, 0.1) is 0 Å². The van der Waals surface area contributed by atoms with Crippen LogP contribution in [0.25, 0.3) is 32.7 Å². The molecule has 0 atom stereocenters. The predicted molar refractivity (Wildman–Crippen MR) is 234 cm³/mol. The maximum absolute atomic E-state index is 13.9. The van der Waals surface area contributed by atoms with Gasteiger partial charge >= 0.3 is 0 Å². The highest BCUT2D eigenvalue weighted by atomic mass is 35.5. The number of hydrogen-bond acceptors (Lipinski definition) is 9. The standard InChI is InChI=1S/C47H28Cl2N6O5/c48-37-14-6-5-13-33(37)46(59)51-40-22-26-10-2-4-12-30(26)42(45(40)58)55-53-28-18-20-32-31-19-17-27(23-34(31)43(56)35(32)24-28)52-54-41-29-11-3-1-9-25(29)21-36(44(41)57)47(60)50-39-16-8-7-15-38(39)49/h1-24,57-58H,(H,50,60)(H,51,59). The molecule has 0 saturated carbocycles. The van der Waals surface area contributed by atoms with Gasteiger partial charge < -0.3 is 20.8 Å². The number of nitrogens with one attached hydrogen (secondary N) is 2. The first-order chi connectivity index (χ1) is 29.1. The number of carbonyl (C=O) groups is 3. The van der Waals surface area contributed by atoms with E-state index < -0.39 is 11.8 Å². The highest BCUT2D eigenvalue weighted by molar-refractivity contribution is 6.35. The Morgan fingerprint density at radius 2 is 0.967 bits per heavy atom. The van der Waals surface area contributed by atoms with Crippen LogP contribution in [-0.2, 0) is 0 Å². The molecule has 4 N–H and O–H groups in total. The van der Waals surface area contributed by atoms with E-state index in [1.165, 1.54) is 0 Å². The molecule has 1 aliphatic carbocycles. The van der Waals surface area contributed by atoms with Crippen molar-refractivity contribution in [1.29, 1.82) is 0 Å². The Bertz CT molecular complexity index is 3180. The summed E-state index contributed by atoms with van der Waals surface area (Å²) in [7, 11) is 0. The van der Waals surface area contributed by atoms with E-state index in [1.54, 1.807) is 127 Å². The largest absolute Gasteiger partial charge is 0.505 e. The second-order valence-electron chi connectivity index (χ2n) is 13.7. The van der Waals surface area contributed by atoms with Crippen LogP contribution < -0.4 is 10.6 Å². The van der Waals surface area contributed by atoms with Crippen LogP contribution >= 0.6 is 23.2 Å². The lowest BCUT2D eigenvalue weighted by Gasteiger charge is -2.12. The predicted octanol–water partition coefficient (Wildman–Crippen LogP) is 13.3. The number of hydrogen-bond donors (Lipinski definition) is 4. The van der Waals surface area contributed by atoms with Crippen molar-refractivity contribution in [3.8, 4) is 22.6 Å². The number of para-hydroxylation sites is 1. The summed E-state index contributed by atoms with van der Waals surface area (Å²) in [6.07, 6.45) is 0. The van der Waals surface area contributed by atoms with E-state index >= 15 is 0 Å². The molecular weight excluding hydrogens is 799 g/mol. The van der Waals surface area contributed by atoms with Crippen LogP contribution in [0.5, 0.6) is 11.5 Å². The number of anilines is 2. The molecule has 1 aliphatic rings. The van der Waals surface area contributed by atoms with Gasteiger partial charge in [0.2, 0.25) is 0 Å². The third-order valence-corrected chi connectivity index (χ3v) is 10.7. The van der Waals surface area contributed by atoms with Gasteiger partial charge in [0.15, 0.2) is 17.3 Å². The zero-order chi connectivity index (χ0) is 41.5. The number of phenols is 2. The number of amides is 2. The van der Waals surface area contributed by atoms with Crippen molar-refractivity contribution in [3.63, 3.8) is 0 Å². The molecule has 13 heteroatoms. The monoisotopic (exact) mass is 826 g/mol. The Labute approximate surface area is 351 Å². The van der Waals surface area contributed by atoms with Crippen LogP contribution in [0.4, 0.5) is 34.1 Å². The summed E-state index contributed by atoms with van der Waals surface area (Å²) in [6, 6.07) is 41.1. The molecule has 8 aromatic carbocycles. The Morgan fingerprint density at radius 3 is 1.58 bits per heavy atom. The first-order valence-corrected chi connectivity index (χ1v) is 19.2. The molecule has 2 amide bonds. The van der Waals surface area contributed by atoms with Gasteiger partial charge in [0.05, 0.1) is 43.9 Å². The second-order valence-corrected chi connectivity index (χ2v) is 14.6. The van der Waals surface area contributed by atoms with E-state index in [0.717, 1.165) is 0 Å². The number of nitrogens with zero attached hydrogens (tertiary/aromatic N) is 4. The van der Waals surface area contributed by atoms with Crippen molar-refractivity contribution in [2.75, 3.05) is 10.6 Å². The molecule has 0 unspecified atom stereocenters. The number of ketones is 1. The van der Waals surface area contributed by atoms with Gasteiger partial charge in [-0.15, -0.1) is 10.2 Å². The lowest BCUT2D eigenvalue weighted by atomic mass is 10.0. The van der Waals surface area contributed by atoms with E-state index in [1.807, 2.05) is 18.2 Å². The number of rotatable bonds is 8. The molecule has 0 saturated heterocycles. The van der Waals surface area contributed by atoms with Crippen LogP contribution in [-0.4, -0.2) is 27.8 Å². The number of aromatic hydroxyl groups is 2. The van der Waals surface area contributed by atoms with Gasteiger partial charge in [-0.3, -0.25) is 14.4 Å². The maximum atomic E-state index is 13.9. The molecule has 60 heavy (non-hydrogen) atoms. The van der Waals surface area contributed by atoms with Crippen molar-refractivity contribution < 1.29 is 24.6 Å². The maximum Gasteiger partial charge on any atom is 0.259 e. The number of phenolic OH excluding ortho intramolecular Hbond substituents is 2. The minimum absolute atomic E-state index is 0.0219. The smallest absolute Gasteiger partial charge is 0.259 e. The molecule has 0 heterocycles. The van der Waals surface area contributed by atoms with E-state index in [4.69, 9.17) is 23.2 Å². The number of fused-ring (bicyclic) bond motifs is 5. The number of benzene rings is 8. The summed E-state index contributed by atoms with van der Waals surface area (Å²) < 4.78 is 0. The summed E-state index contributed by atoms with van der Waals surface area (Å²) >= 11 is 12.5. The molecule has 11 nitrogen and oxygen atoms in total. The molecule has 8 aromatic rings. The molecule has 0 aliphatic heterocycles. The average Bonchev–Trinajstić information content (AvgIpc) is 3.53. The first kappa shape index (κ1) is 37.8. The normalized spacial score (nSPS) is 12.0. The zero-order valence-electron chi connectivity index (χ0n) is 31.0. The minimum Gasteiger partial charge on any atom is -0.505 e. The van der Waals surface area contributed by atoms with Gasteiger partial charge in [-0.2, -0.15) is 10.2 Å². The van der Waals surface area contributed by atoms with E-state index in [0.29, 0.717) is 65.9 Å². The van der Waals surface area contributed by atoms with Crippen LogP contribution in [0.3, 0.4) is 0 Å². The Balaban J connectivity index is 0.993. The third kappa shape index (κ3) is 6.98. The van der Waals surface area contributed by atoms with Crippen molar-refractivity contribution in [1.82, 2.24) is 0 Å². The fourth-order valence-corrected chi connectivity index (χ4v) is 7.49. The zero-order valence-corrected chi connectivity index (χ0v) is 32.5. The number of carbonyl (C=O) groups excluding carboxylic acids is 3.